The van der Waals surface area contributed by atoms with E-state index in [2.05, 4.69) is 19.9 Å². The number of rotatable bonds is 3. The molecular formula is C18H20O3. The molecule has 1 aliphatic rings. The molecule has 2 aromatic rings. The van der Waals surface area contributed by atoms with E-state index in [1.54, 1.807) is 18.2 Å². The lowest BCUT2D eigenvalue weighted by molar-refractivity contribution is 0.126. The lowest BCUT2D eigenvalue weighted by atomic mass is 9.96. The predicted molar refractivity (Wildman–Crippen MR) is 81.6 cm³/mol. The maximum Gasteiger partial charge on any atom is 0.129 e. The topological polar surface area (TPSA) is 49.7 Å². The van der Waals surface area contributed by atoms with Gasteiger partial charge in [-0.25, -0.2) is 0 Å². The van der Waals surface area contributed by atoms with Crippen molar-refractivity contribution in [2.75, 3.05) is 0 Å². The minimum Gasteiger partial charge on any atom is -0.508 e. The van der Waals surface area contributed by atoms with E-state index in [9.17, 15) is 10.2 Å². The molecule has 1 atom stereocenters. The first-order chi connectivity index (χ1) is 9.94. The predicted octanol–water partition coefficient (Wildman–Crippen LogP) is 3.38. The molecule has 3 nitrogen and oxygen atoms in total. The number of ether oxygens (including phenoxy) is 1. The molecule has 0 amide bonds. The highest BCUT2D eigenvalue weighted by molar-refractivity contribution is 5.47. The summed E-state index contributed by atoms with van der Waals surface area (Å²) in [6.07, 6.45) is 0.666. The fourth-order valence-corrected chi connectivity index (χ4v) is 2.92. The molecular weight excluding hydrogens is 264 g/mol. The summed E-state index contributed by atoms with van der Waals surface area (Å²) in [5, 5.41) is 20.1. The molecule has 3 rings (SSSR count). The second-order valence-electron chi connectivity index (χ2n) is 6.26. The molecule has 0 bridgehead atoms. The van der Waals surface area contributed by atoms with Crippen LogP contribution >= 0.6 is 0 Å². The molecule has 110 valence electrons. The van der Waals surface area contributed by atoms with Crippen molar-refractivity contribution in [3.8, 4) is 11.5 Å². The van der Waals surface area contributed by atoms with Crippen LogP contribution in [0.2, 0.25) is 0 Å². The first kappa shape index (κ1) is 14.0. The van der Waals surface area contributed by atoms with Gasteiger partial charge in [-0.1, -0.05) is 30.3 Å². The summed E-state index contributed by atoms with van der Waals surface area (Å²) in [5.41, 5.74) is 2.65. The Kier molecular flexibility index (Phi) is 3.38. The number of fused-ring (bicyclic) bond motifs is 1. The van der Waals surface area contributed by atoms with Crippen molar-refractivity contribution in [1.82, 2.24) is 0 Å². The van der Waals surface area contributed by atoms with Gasteiger partial charge >= 0.3 is 0 Å². The third-order valence-electron chi connectivity index (χ3n) is 3.82. The molecule has 0 saturated heterocycles. The Hall–Kier alpha value is -2.00. The quantitative estimate of drug-likeness (QED) is 0.908. The standard InChI is InChI=1S/C18H20O3/c1-18(2)11-13-6-4-8-15(17(13)21-18)16(20)10-12-5-3-7-14(19)9-12/h3-9,16,19-20H,10-11H2,1-2H3. The van der Waals surface area contributed by atoms with Crippen LogP contribution in [0.5, 0.6) is 11.5 Å². The molecule has 2 N–H and O–H groups in total. The summed E-state index contributed by atoms with van der Waals surface area (Å²) in [7, 11) is 0. The largest absolute Gasteiger partial charge is 0.508 e. The van der Waals surface area contributed by atoms with Crippen molar-refractivity contribution in [2.24, 2.45) is 0 Å². The zero-order valence-electron chi connectivity index (χ0n) is 12.3. The third-order valence-corrected chi connectivity index (χ3v) is 3.82. The minimum atomic E-state index is -0.643. The van der Waals surface area contributed by atoms with Crippen molar-refractivity contribution in [1.29, 1.82) is 0 Å². The van der Waals surface area contributed by atoms with E-state index in [1.807, 2.05) is 18.2 Å². The lowest BCUT2D eigenvalue weighted by Crippen LogP contribution is -2.25. The number of phenols is 1. The van der Waals surface area contributed by atoms with Crippen molar-refractivity contribution in [3.05, 3.63) is 59.2 Å². The Morgan fingerprint density at radius 2 is 1.95 bits per heavy atom. The van der Waals surface area contributed by atoms with Crippen LogP contribution < -0.4 is 4.74 Å². The molecule has 21 heavy (non-hydrogen) atoms. The average Bonchev–Trinajstić information content (AvgIpc) is 2.72. The normalized spacial score (nSPS) is 17.1. The van der Waals surface area contributed by atoms with Gasteiger partial charge < -0.3 is 14.9 Å². The van der Waals surface area contributed by atoms with E-state index in [0.717, 1.165) is 28.9 Å². The average molecular weight is 284 g/mol. The van der Waals surface area contributed by atoms with Gasteiger partial charge in [0.1, 0.15) is 17.1 Å². The minimum absolute atomic E-state index is 0.218. The second-order valence-corrected chi connectivity index (χ2v) is 6.26. The summed E-state index contributed by atoms with van der Waals surface area (Å²) in [5.74, 6) is 1.03. The Morgan fingerprint density at radius 3 is 2.71 bits per heavy atom. The number of aromatic hydroxyl groups is 1. The van der Waals surface area contributed by atoms with Gasteiger partial charge in [0, 0.05) is 18.4 Å². The van der Waals surface area contributed by atoms with Gasteiger partial charge in [-0.05, 0) is 37.1 Å². The Balaban J connectivity index is 1.87. The van der Waals surface area contributed by atoms with Crippen LogP contribution in [0, 0.1) is 0 Å². The molecule has 1 heterocycles. The van der Waals surface area contributed by atoms with Crippen LogP contribution in [0.3, 0.4) is 0 Å². The highest BCUT2D eigenvalue weighted by Gasteiger charge is 2.32. The number of hydrogen-bond donors (Lipinski definition) is 2. The van der Waals surface area contributed by atoms with E-state index in [4.69, 9.17) is 4.74 Å². The number of hydrogen-bond acceptors (Lipinski definition) is 3. The van der Waals surface area contributed by atoms with E-state index in [0.29, 0.717) is 6.42 Å². The van der Waals surface area contributed by atoms with Crippen LogP contribution in [0.4, 0.5) is 0 Å². The SMILES string of the molecule is CC1(C)Cc2cccc(C(O)Cc3cccc(O)c3)c2O1. The van der Waals surface area contributed by atoms with E-state index >= 15 is 0 Å². The fourth-order valence-electron chi connectivity index (χ4n) is 2.92. The van der Waals surface area contributed by atoms with Crippen LogP contribution in [-0.2, 0) is 12.8 Å². The molecule has 0 aromatic heterocycles. The molecule has 0 spiro atoms. The summed E-state index contributed by atoms with van der Waals surface area (Å²) < 4.78 is 6.00. The summed E-state index contributed by atoms with van der Waals surface area (Å²) in [6.45, 7) is 4.11. The number of benzene rings is 2. The molecule has 1 unspecified atom stereocenters. The number of phenolic OH excluding ortho intramolecular Hbond substituents is 1. The number of para-hydroxylation sites is 1. The molecule has 3 heteroatoms. The number of aliphatic hydroxyl groups is 1. The number of aliphatic hydroxyl groups excluding tert-OH is 1. The molecule has 2 aromatic carbocycles. The third kappa shape index (κ3) is 2.88. The molecule has 1 aliphatic heterocycles. The van der Waals surface area contributed by atoms with Crippen molar-refractivity contribution >= 4 is 0 Å². The van der Waals surface area contributed by atoms with Gasteiger partial charge in [-0.15, -0.1) is 0 Å². The summed E-state index contributed by atoms with van der Waals surface area (Å²) >= 11 is 0. The Bertz CT molecular complexity index is 661. The van der Waals surface area contributed by atoms with Crippen LogP contribution in [0.15, 0.2) is 42.5 Å². The van der Waals surface area contributed by atoms with Gasteiger partial charge in [0.2, 0.25) is 0 Å². The molecule has 0 saturated carbocycles. The fraction of sp³-hybridized carbons (Fsp3) is 0.333. The molecule has 0 fully saturated rings. The van der Waals surface area contributed by atoms with Gasteiger partial charge in [0.25, 0.3) is 0 Å². The van der Waals surface area contributed by atoms with Gasteiger partial charge in [0.15, 0.2) is 0 Å². The van der Waals surface area contributed by atoms with E-state index in [1.165, 1.54) is 0 Å². The van der Waals surface area contributed by atoms with Gasteiger partial charge in [0.05, 0.1) is 6.10 Å². The zero-order chi connectivity index (χ0) is 15.0. The van der Waals surface area contributed by atoms with Crippen molar-refractivity contribution in [2.45, 2.75) is 38.4 Å². The van der Waals surface area contributed by atoms with Crippen LogP contribution in [-0.4, -0.2) is 15.8 Å². The highest BCUT2D eigenvalue weighted by atomic mass is 16.5. The summed E-state index contributed by atoms with van der Waals surface area (Å²) in [6, 6.07) is 12.9. The van der Waals surface area contributed by atoms with Crippen molar-refractivity contribution in [3.63, 3.8) is 0 Å². The Labute approximate surface area is 124 Å². The van der Waals surface area contributed by atoms with E-state index < -0.39 is 6.10 Å². The smallest absolute Gasteiger partial charge is 0.129 e. The highest BCUT2D eigenvalue weighted by Crippen LogP contribution is 2.40. The first-order valence-corrected chi connectivity index (χ1v) is 7.21. The molecule has 0 aliphatic carbocycles. The second kappa shape index (κ2) is 5.08. The van der Waals surface area contributed by atoms with Gasteiger partial charge in [-0.3, -0.25) is 0 Å². The summed E-state index contributed by atoms with van der Waals surface area (Å²) in [4.78, 5) is 0. The van der Waals surface area contributed by atoms with Crippen LogP contribution in [0.25, 0.3) is 0 Å². The monoisotopic (exact) mass is 284 g/mol. The Morgan fingerprint density at radius 1 is 1.19 bits per heavy atom. The van der Waals surface area contributed by atoms with Crippen molar-refractivity contribution < 1.29 is 14.9 Å². The first-order valence-electron chi connectivity index (χ1n) is 7.21. The van der Waals surface area contributed by atoms with Crippen LogP contribution in [0.1, 0.15) is 36.6 Å². The zero-order valence-corrected chi connectivity index (χ0v) is 12.3. The molecule has 0 radical (unpaired) electrons. The van der Waals surface area contributed by atoms with Gasteiger partial charge in [-0.2, -0.15) is 0 Å². The maximum atomic E-state index is 10.5. The van der Waals surface area contributed by atoms with E-state index in [-0.39, 0.29) is 11.4 Å². The lowest BCUT2D eigenvalue weighted by Gasteiger charge is -2.20. The maximum absolute atomic E-state index is 10.5.